The molecular formula is C13H9BrFN3O2S. The molecule has 8 heteroatoms. The summed E-state index contributed by atoms with van der Waals surface area (Å²) in [5, 5.41) is 8.75. The smallest absolute Gasteiger partial charge is 0.261 e. The van der Waals surface area contributed by atoms with E-state index in [9.17, 15) is 12.8 Å². The number of nitrogens with zero attached hydrogens (tertiary/aromatic N) is 2. The van der Waals surface area contributed by atoms with Gasteiger partial charge in [0.15, 0.2) is 0 Å². The number of anilines is 1. The molecule has 0 aliphatic heterocycles. The molecule has 2 aromatic rings. The van der Waals surface area contributed by atoms with Gasteiger partial charge in [0, 0.05) is 0 Å². The lowest BCUT2D eigenvalue weighted by molar-refractivity contribution is 0.599. The van der Waals surface area contributed by atoms with Crippen LogP contribution in [0.25, 0.3) is 0 Å². The van der Waals surface area contributed by atoms with Crippen molar-refractivity contribution >= 4 is 31.6 Å². The van der Waals surface area contributed by atoms with Crippen LogP contribution in [0.5, 0.6) is 0 Å². The summed E-state index contributed by atoms with van der Waals surface area (Å²) in [5.41, 5.74) is 0.458. The van der Waals surface area contributed by atoms with Crippen LogP contribution in [0.15, 0.2) is 39.8 Å². The lowest BCUT2D eigenvalue weighted by Gasteiger charge is -2.10. The minimum atomic E-state index is -3.92. The van der Waals surface area contributed by atoms with Gasteiger partial charge in [-0.05, 0) is 53.2 Å². The van der Waals surface area contributed by atoms with Gasteiger partial charge in [-0.1, -0.05) is 0 Å². The molecule has 0 spiro atoms. The maximum atomic E-state index is 13.2. The van der Waals surface area contributed by atoms with E-state index in [1.54, 1.807) is 25.1 Å². The summed E-state index contributed by atoms with van der Waals surface area (Å²) >= 11 is 3.18. The number of hydrogen-bond acceptors (Lipinski definition) is 4. The summed E-state index contributed by atoms with van der Waals surface area (Å²) in [6.45, 7) is 1.65. The van der Waals surface area contributed by atoms with Crippen LogP contribution in [0.3, 0.4) is 0 Å². The summed E-state index contributed by atoms with van der Waals surface area (Å²) in [4.78, 5) is 3.88. The third kappa shape index (κ3) is 3.37. The van der Waals surface area contributed by atoms with E-state index >= 15 is 0 Å². The van der Waals surface area contributed by atoms with Crippen LogP contribution in [-0.2, 0) is 10.0 Å². The third-order valence-corrected chi connectivity index (χ3v) is 4.47. The first-order valence-corrected chi connectivity index (χ1v) is 7.97. The van der Waals surface area contributed by atoms with Gasteiger partial charge in [0.25, 0.3) is 10.0 Å². The number of halogens is 2. The Kier molecular flexibility index (Phi) is 4.25. The molecule has 0 fully saturated rings. The van der Waals surface area contributed by atoms with Gasteiger partial charge >= 0.3 is 0 Å². The zero-order chi connectivity index (χ0) is 15.6. The van der Waals surface area contributed by atoms with Gasteiger partial charge in [-0.3, -0.25) is 4.72 Å². The molecule has 2 rings (SSSR count). The van der Waals surface area contributed by atoms with E-state index in [1.807, 2.05) is 0 Å². The van der Waals surface area contributed by atoms with E-state index in [0.29, 0.717) is 16.0 Å². The van der Waals surface area contributed by atoms with Crippen LogP contribution in [0.2, 0.25) is 0 Å². The fraction of sp³-hybridized carbons (Fsp3) is 0.0769. The Bertz CT molecular complexity index is 847. The minimum Gasteiger partial charge on any atom is -0.278 e. The predicted octanol–water partition coefficient (Wildman–Crippen LogP) is 2.96. The van der Waals surface area contributed by atoms with Gasteiger partial charge in [-0.25, -0.2) is 17.8 Å². The maximum Gasteiger partial charge on any atom is 0.261 e. The van der Waals surface area contributed by atoms with Crippen molar-refractivity contribution in [1.82, 2.24) is 4.98 Å². The molecule has 1 heterocycles. The number of rotatable bonds is 3. The van der Waals surface area contributed by atoms with Crippen LogP contribution in [0.4, 0.5) is 10.1 Å². The highest BCUT2D eigenvalue weighted by Gasteiger charge is 2.17. The number of benzene rings is 1. The third-order valence-electron chi connectivity index (χ3n) is 2.66. The topological polar surface area (TPSA) is 82.8 Å². The summed E-state index contributed by atoms with van der Waals surface area (Å²) < 4.78 is 40.6. The van der Waals surface area contributed by atoms with Crippen molar-refractivity contribution in [3.63, 3.8) is 0 Å². The van der Waals surface area contributed by atoms with E-state index in [4.69, 9.17) is 5.26 Å². The monoisotopic (exact) mass is 369 g/mol. The van der Waals surface area contributed by atoms with Crippen molar-refractivity contribution in [3.8, 4) is 6.07 Å². The molecule has 0 atom stereocenters. The molecule has 1 N–H and O–H groups in total. The molecule has 0 amide bonds. The largest absolute Gasteiger partial charge is 0.278 e. The van der Waals surface area contributed by atoms with E-state index in [0.717, 1.165) is 18.2 Å². The van der Waals surface area contributed by atoms with Crippen LogP contribution in [0.1, 0.15) is 11.3 Å². The first-order valence-electron chi connectivity index (χ1n) is 5.69. The molecule has 0 aliphatic carbocycles. The Morgan fingerprint density at radius 1 is 1.33 bits per heavy atom. The normalized spacial score (nSPS) is 11.0. The fourth-order valence-corrected chi connectivity index (χ4v) is 3.14. The quantitative estimate of drug-likeness (QED) is 0.843. The van der Waals surface area contributed by atoms with Gasteiger partial charge in [-0.15, -0.1) is 0 Å². The first-order chi connectivity index (χ1) is 9.83. The second-order valence-corrected chi connectivity index (χ2v) is 6.62. The highest BCUT2D eigenvalue weighted by atomic mass is 79.9. The second-order valence-electron chi connectivity index (χ2n) is 4.13. The molecule has 1 aromatic heterocycles. The number of sulfonamides is 1. The van der Waals surface area contributed by atoms with Crippen LogP contribution in [0, 0.1) is 24.1 Å². The van der Waals surface area contributed by atoms with Crippen molar-refractivity contribution in [2.24, 2.45) is 0 Å². The van der Waals surface area contributed by atoms with Crippen molar-refractivity contribution in [1.29, 1.82) is 5.26 Å². The predicted molar refractivity (Wildman–Crippen MR) is 78.6 cm³/mol. The van der Waals surface area contributed by atoms with Gasteiger partial charge < -0.3 is 0 Å². The average molecular weight is 370 g/mol. The van der Waals surface area contributed by atoms with Crippen molar-refractivity contribution in [2.75, 3.05) is 4.72 Å². The van der Waals surface area contributed by atoms with Gasteiger partial charge in [0.2, 0.25) is 0 Å². The first kappa shape index (κ1) is 15.4. The number of nitrogens with one attached hydrogen (secondary N) is 1. The lowest BCUT2D eigenvalue weighted by atomic mass is 10.2. The number of nitriles is 1. The van der Waals surface area contributed by atoms with Gasteiger partial charge in [0.1, 0.15) is 16.5 Å². The number of pyridine rings is 1. The Morgan fingerprint density at radius 2 is 2.05 bits per heavy atom. The van der Waals surface area contributed by atoms with Crippen molar-refractivity contribution < 1.29 is 12.8 Å². The highest BCUT2D eigenvalue weighted by Crippen LogP contribution is 2.21. The summed E-state index contributed by atoms with van der Waals surface area (Å²) in [6.07, 6.45) is 0. The van der Waals surface area contributed by atoms with Crippen LogP contribution < -0.4 is 4.72 Å². The molecule has 0 bridgehead atoms. The minimum absolute atomic E-state index is 0.192. The average Bonchev–Trinajstić information content (AvgIpc) is 2.42. The van der Waals surface area contributed by atoms with Gasteiger partial charge in [-0.2, -0.15) is 5.26 Å². The molecule has 5 nitrogen and oxygen atoms in total. The van der Waals surface area contributed by atoms with E-state index < -0.39 is 15.8 Å². The highest BCUT2D eigenvalue weighted by molar-refractivity contribution is 9.10. The Morgan fingerprint density at radius 3 is 2.67 bits per heavy atom. The molecule has 0 radical (unpaired) electrons. The molecule has 0 saturated heterocycles. The zero-order valence-corrected chi connectivity index (χ0v) is 13.2. The number of aromatic nitrogens is 1. The van der Waals surface area contributed by atoms with E-state index in [1.165, 1.54) is 0 Å². The molecular weight excluding hydrogens is 361 g/mol. The molecule has 0 aliphatic rings. The lowest BCUT2D eigenvalue weighted by Crippen LogP contribution is -2.14. The SMILES string of the molecule is Cc1nc(Br)ccc1NS(=O)(=O)c1ccc(F)c(C#N)c1. The summed E-state index contributed by atoms with van der Waals surface area (Å²) in [5.74, 6) is -0.766. The Balaban J connectivity index is 2.41. The summed E-state index contributed by atoms with van der Waals surface area (Å²) in [7, 11) is -3.92. The molecule has 0 saturated carbocycles. The maximum absolute atomic E-state index is 13.2. The standard InChI is InChI=1S/C13H9BrFN3O2S/c1-8-12(4-5-13(14)17-8)18-21(19,20)10-2-3-11(15)9(6-10)7-16/h2-6,18H,1H3. The van der Waals surface area contributed by atoms with Gasteiger partial charge in [0.05, 0.1) is 21.8 Å². The molecule has 1 aromatic carbocycles. The number of aryl methyl sites for hydroxylation is 1. The van der Waals surface area contributed by atoms with E-state index in [-0.39, 0.29) is 10.5 Å². The molecule has 21 heavy (non-hydrogen) atoms. The van der Waals surface area contributed by atoms with Crippen molar-refractivity contribution in [3.05, 3.63) is 52.0 Å². The Labute approximate surface area is 129 Å². The fourth-order valence-electron chi connectivity index (χ4n) is 1.60. The van der Waals surface area contributed by atoms with Crippen LogP contribution >= 0.6 is 15.9 Å². The number of hydrogen-bond donors (Lipinski definition) is 1. The molecule has 108 valence electrons. The summed E-state index contributed by atoms with van der Waals surface area (Å²) in [6, 6.07) is 7.78. The Hall–Kier alpha value is -1.98. The van der Waals surface area contributed by atoms with Crippen molar-refractivity contribution in [2.45, 2.75) is 11.8 Å². The second kappa shape index (κ2) is 5.79. The zero-order valence-electron chi connectivity index (χ0n) is 10.8. The van der Waals surface area contributed by atoms with E-state index in [2.05, 4.69) is 25.6 Å². The van der Waals surface area contributed by atoms with Crippen LogP contribution in [-0.4, -0.2) is 13.4 Å². The molecule has 0 unspecified atom stereocenters.